The third kappa shape index (κ3) is 6.58. The van der Waals surface area contributed by atoms with Crippen molar-refractivity contribution in [3.8, 4) is 0 Å². The van der Waals surface area contributed by atoms with Gasteiger partial charge in [-0.1, -0.05) is 48.5 Å². The number of carbonyl (C=O) groups is 1. The molecule has 0 bridgehead atoms. The van der Waals surface area contributed by atoms with Gasteiger partial charge in [0.2, 0.25) is 6.41 Å². The second-order valence-corrected chi connectivity index (χ2v) is 5.83. The summed E-state index contributed by atoms with van der Waals surface area (Å²) < 4.78 is 38.3. The fourth-order valence-electron chi connectivity index (χ4n) is 2.57. The van der Waals surface area contributed by atoms with Crippen LogP contribution in [-0.2, 0) is 23.9 Å². The number of halogens is 3. The molecule has 2 aromatic carbocycles. The third-order valence-corrected chi connectivity index (χ3v) is 3.92. The molecule has 1 atom stereocenters. The zero-order valence-electron chi connectivity index (χ0n) is 13.7. The monoisotopic (exact) mass is 350 g/mol. The Hall–Kier alpha value is -2.34. The van der Waals surface area contributed by atoms with Gasteiger partial charge in [0.05, 0.1) is 5.56 Å². The van der Waals surface area contributed by atoms with E-state index in [1.165, 1.54) is 11.6 Å². The highest BCUT2D eigenvalue weighted by Crippen LogP contribution is 2.29. The van der Waals surface area contributed by atoms with Crippen LogP contribution < -0.4 is 10.6 Å². The van der Waals surface area contributed by atoms with E-state index < -0.39 is 11.7 Å². The summed E-state index contributed by atoms with van der Waals surface area (Å²) in [6, 6.07) is 15.2. The highest BCUT2D eigenvalue weighted by Gasteiger charge is 2.30. The van der Waals surface area contributed by atoms with Gasteiger partial charge in [0.1, 0.15) is 0 Å². The lowest BCUT2D eigenvalue weighted by Gasteiger charge is -2.19. The van der Waals surface area contributed by atoms with Crippen molar-refractivity contribution in [1.29, 1.82) is 0 Å². The van der Waals surface area contributed by atoms with E-state index in [9.17, 15) is 18.0 Å². The Morgan fingerprint density at radius 1 is 1.00 bits per heavy atom. The Balaban J connectivity index is 1.94. The van der Waals surface area contributed by atoms with Gasteiger partial charge in [0.25, 0.3) is 0 Å². The first-order valence-corrected chi connectivity index (χ1v) is 8.09. The van der Waals surface area contributed by atoms with E-state index in [2.05, 4.69) is 10.6 Å². The summed E-state index contributed by atoms with van der Waals surface area (Å²) in [5.74, 6) is 0. The highest BCUT2D eigenvalue weighted by molar-refractivity contribution is 5.45. The number of amides is 1. The summed E-state index contributed by atoms with van der Waals surface area (Å²) in [5, 5.41) is 5.86. The fraction of sp³-hybridized carbons (Fsp3) is 0.316. The summed E-state index contributed by atoms with van der Waals surface area (Å²) in [5.41, 5.74) is 1.09. The molecule has 0 aliphatic rings. The fourth-order valence-corrected chi connectivity index (χ4v) is 2.57. The first-order chi connectivity index (χ1) is 12.0. The molecule has 0 aliphatic heterocycles. The van der Waals surface area contributed by atoms with Crippen LogP contribution in [0.2, 0.25) is 0 Å². The number of carbonyl (C=O) groups excluding carboxylic acids is 1. The van der Waals surface area contributed by atoms with Gasteiger partial charge < -0.3 is 10.6 Å². The van der Waals surface area contributed by atoms with Crippen LogP contribution in [-0.4, -0.2) is 19.0 Å². The minimum absolute atomic E-state index is 0.0278. The van der Waals surface area contributed by atoms with Crippen molar-refractivity contribution < 1.29 is 18.0 Å². The van der Waals surface area contributed by atoms with Crippen molar-refractivity contribution in [3.05, 3.63) is 71.3 Å². The van der Waals surface area contributed by atoms with Crippen LogP contribution in [0.4, 0.5) is 13.2 Å². The molecular formula is C19H21F3N2O. The van der Waals surface area contributed by atoms with Gasteiger partial charge in [-0.25, -0.2) is 0 Å². The average Bonchev–Trinajstić information content (AvgIpc) is 2.61. The van der Waals surface area contributed by atoms with E-state index in [1.807, 2.05) is 30.3 Å². The summed E-state index contributed by atoms with van der Waals surface area (Å²) >= 11 is 0. The van der Waals surface area contributed by atoms with Crippen molar-refractivity contribution >= 4 is 6.41 Å². The molecule has 0 fully saturated rings. The van der Waals surface area contributed by atoms with Gasteiger partial charge in [-0.3, -0.25) is 4.79 Å². The normalized spacial score (nSPS) is 12.6. The van der Waals surface area contributed by atoms with Crippen LogP contribution in [0.5, 0.6) is 0 Å². The molecule has 2 aromatic rings. The number of hydrogen-bond acceptors (Lipinski definition) is 2. The molecule has 0 aliphatic carbocycles. The summed E-state index contributed by atoms with van der Waals surface area (Å²) in [4.78, 5) is 10.5. The standard InChI is InChI=1S/C19H21F3N2O/c20-19(21,22)17-8-4-7-16(11-17)12-24-18(13-23-14-25)10-9-15-5-2-1-3-6-15/h1-8,11,14,18,24H,9-10,12-13H2,(H,23,25)/t18-/m0/s1. The van der Waals surface area contributed by atoms with Gasteiger partial charge in [-0.15, -0.1) is 0 Å². The van der Waals surface area contributed by atoms with Gasteiger partial charge in [-0.05, 0) is 30.0 Å². The van der Waals surface area contributed by atoms with Crippen molar-refractivity contribution in [1.82, 2.24) is 10.6 Å². The van der Waals surface area contributed by atoms with Crippen molar-refractivity contribution in [2.45, 2.75) is 31.6 Å². The number of benzene rings is 2. The predicted octanol–water partition coefficient (Wildman–Crippen LogP) is 3.54. The maximum atomic E-state index is 12.8. The third-order valence-electron chi connectivity index (χ3n) is 3.92. The Kier molecular flexibility index (Phi) is 7.01. The molecule has 0 aromatic heterocycles. The maximum Gasteiger partial charge on any atom is 0.416 e. The van der Waals surface area contributed by atoms with E-state index in [0.717, 1.165) is 25.0 Å². The van der Waals surface area contributed by atoms with E-state index in [0.29, 0.717) is 25.1 Å². The van der Waals surface area contributed by atoms with Crippen molar-refractivity contribution in [2.24, 2.45) is 0 Å². The number of rotatable bonds is 9. The Labute approximate surface area is 145 Å². The smallest absolute Gasteiger partial charge is 0.357 e. The molecule has 1 amide bonds. The van der Waals surface area contributed by atoms with Gasteiger partial charge in [0.15, 0.2) is 0 Å². The predicted molar refractivity (Wildman–Crippen MR) is 90.9 cm³/mol. The number of alkyl halides is 3. The zero-order valence-corrected chi connectivity index (χ0v) is 13.7. The van der Waals surface area contributed by atoms with E-state index in [-0.39, 0.29) is 6.04 Å². The van der Waals surface area contributed by atoms with Crippen LogP contribution in [0.3, 0.4) is 0 Å². The molecule has 0 heterocycles. The second kappa shape index (κ2) is 9.22. The maximum absolute atomic E-state index is 12.8. The molecule has 6 heteroatoms. The Morgan fingerprint density at radius 2 is 1.72 bits per heavy atom. The summed E-state index contributed by atoms with van der Waals surface area (Å²) in [7, 11) is 0. The first-order valence-electron chi connectivity index (χ1n) is 8.09. The molecule has 2 N–H and O–H groups in total. The molecule has 0 saturated heterocycles. The minimum Gasteiger partial charge on any atom is -0.357 e. The van der Waals surface area contributed by atoms with Crippen LogP contribution in [0.25, 0.3) is 0 Å². The second-order valence-electron chi connectivity index (χ2n) is 5.83. The lowest BCUT2D eigenvalue weighted by atomic mass is 10.0. The minimum atomic E-state index is -4.35. The SMILES string of the molecule is O=CNC[C@H](CCc1ccccc1)NCc1cccc(C(F)(F)F)c1. The quantitative estimate of drug-likeness (QED) is 0.679. The molecule has 0 unspecified atom stereocenters. The largest absolute Gasteiger partial charge is 0.416 e. The summed E-state index contributed by atoms with van der Waals surface area (Å²) in [6.45, 7) is 0.735. The van der Waals surface area contributed by atoms with Crippen LogP contribution in [0, 0.1) is 0 Å². The topological polar surface area (TPSA) is 41.1 Å². The van der Waals surface area contributed by atoms with E-state index in [4.69, 9.17) is 0 Å². The molecular weight excluding hydrogens is 329 g/mol. The molecule has 0 saturated carbocycles. The van der Waals surface area contributed by atoms with Gasteiger partial charge in [0, 0.05) is 19.1 Å². The molecule has 2 rings (SSSR count). The lowest BCUT2D eigenvalue weighted by Crippen LogP contribution is -2.38. The molecule has 134 valence electrons. The number of hydrogen-bond donors (Lipinski definition) is 2. The Morgan fingerprint density at radius 3 is 2.40 bits per heavy atom. The van der Waals surface area contributed by atoms with Gasteiger partial charge >= 0.3 is 6.18 Å². The Bertz CT molecular complexity index is 659. The number of nitrogens with one attached hydrogen (secondary N) is 2. The highest BCUT2D eigenvalue weighted by atomic mass is 19.4. The molecule has 0 radical (unpaired) electrons. The molecule has 0 spiro atoms. The van der Waals surface area contributed by atoms with Crippen molar-refractivity contribution in [2.75, 3.05) is 6.54 Å². The summed E-state index contributed by atoms with van der Waals surface area (Å²) in [6.07, 6.45) is -2.13. The van der Waals surface area contributed by atoms with Crippen molar-refractivity contribution in [3.63, 3.8) is 0 Å². The molecule has 3 nitrogen and oxygen atoms in total. The van der Waals surface area contributed by atoms with Crippen LogP contribution >= 0.6 is 0 Å². The van der Waals surface area contributed by atoms with Crippen LogP contribution in [0.1, 0.15) is 23.1 Å². The lowest BCUT2D eigenvalue weighted by molar-refractivity contribution is -0.137. The first kappa shape index (κ1) is 19.0. The molecule has 25 heavy (non-hydrogen) atoms. The van der Waals surface area contributed by atoms with Crippen LogP contribution in [0.15, 0.2) is 54.6 Å². The van der Waals surface area contributed by atoms with E-state index in [1.54, 1.807) is 6.07 Å². The average molecular weight is 350 g/mol. The van der Waals surface area contributed by atoms with E-state index >= 15 is 0 Å². The van der Waals surface area contributed by atoms with Gasteiger partial charge in [-0.2, -0.15) is 13.2 Å². The number of aryl methyl sites for hydroxylation is 1. The zero-order chi connectivity index (χ0) is 18.1.